The van der Waals surface area contributed by atoms with E-state index >= 15 is 0 Å². The minimum Gasteiger partial charge on any atom is -0.286 e. The minimum absolute atomic E-state index is 0.126. The van der Waals surface area contributed by atoms with Crippen LogP contribution >= 0.6 is 0 Å². The maximum absolute atomic E-state index is 4.37. The highest BCUT2D eigenvalue weighted by molar-refractivity contribution is 5.21. The first-order chi connectivity index (χ1) is 13.9. The van der Waals surface area contributed by atoms with Gasteiger partial charge in [0, 0.05) is 19.3 Å². The molecule has 0 amide bonds. The van der Waals surface area contributed by atoms with E-state index < -0.39 is 0 Å². The Morgan fingerprint density at radius 2 is 1.18 bits per heavy atom. The number of benzene rings is 3. The molecule has 0 aliphatic carbocycles. The third-order valence-corrected chi connectivity index (χ3v) is 4.95. The van der Waals surface area contributed by atoms with Crippen LogP contribution in [0.3, 0.4) is 0 Å². The third-order valence-electron chi connectivity index (χ3n) is 4.95. The van der Waals surface area contributed by atoms with Gasteiger partial charge in [-0.2, -0.15) is 0 Å². The van der Waals surface area contributed by atoms with Crippen molar-refractivity contribution in [2.75, 3.05) is 0 Å². The molecule has 0 aliphatic heterocycles. The smallest absolute Gasteiger partial charge is 0.0999 e. The quantitative estimate of drug-likeness (QED) is 0.486. The Morgan fingerprint density at radius 1 is 0.679 bits per heavy atom. The number of aromatic amines is 1. The summed E-state index contributed by atoms with van der Waals surface area (Å²) < 4.78 is 0. The van der Waals surface area contributed by atoms with Gasteiger partial charge in [0.05, 0.1) is 11.7 Å². The molecule has 3 aromatic carbocycles. The van der Waals surface area contributed by atoms with Crippen molar-refractivity contribution in [3.05, 3.63) is 120 Å². The fraction of sp³-hybridized carbons (Fsp3) is 0.167. The van der Waals surface area contributed by atoms with E-state index in [2.05, 4.69) is 111 Å². The summed E-state index contributed by atoms with van der Waals surface area (Å²) in [5.41, 5.74) is 4.84. The van der Waals surface area contributed by atoms with Crippen molar-refractivity contribution < 1.29 is 0 Å². The topological polar surface area (TPSA) is 44.8 Å². The number of nitrogens with one attached hydrogen (secondary N) is 1. The first-order valence-corrected chi connectivity index (χ1v) is 9.60. The van der Waals surface area contributed by atoms with Crippen LogP contribution < -0.4 is 0 Å². The van der Waals surface area contributed by atoms with E-state index in [9.17, 15) is 0 Å². The molecule has 1 heterocycles. The van der Waals surface area contributed by atoms with Crippen LogP contribution in [0.25, 0.3) is 0 Å². The van der Waals surface area contributed by atoms with Gasteiger partial charge in [-0.3, -0.25) is 10.00 Å². The predicted molar refractivity (Wildman–Crippen MR) is 111 cm³/mol. The van der Waals surface area contributed by atoms with Crippen molar-refractivity contribution in [2.24, 2.45) is 0 Å². The zero-order chi connectivity index (χ0) is 19.0. The molecule has 4 heteroatoms. The lowest BCUT2D eigenvalue weighted by Gasteiger charge is -2.31. The normalized spacial score (nSPS) is 12.2. The van der Waals surface area contributed by atoms with Crippen LogP contribution in [0.5, 0.6) is 0 Å². The van der Waals surface area contributed by atoms with E-state index in [4.69, 9.17) is 0 Å². The van der Waals surface area contributed by atoms with Gasteiger partial charge in [0.15, 0.2) is 0 Å². The number of aromatic nitrogens is 3. The van der Waals surface area contributed by atoms with Crippen LogP contribution in [0.4, 0.5) is 0 Å². The summed E-state index contributed by atoms with van der Waals surface area (Å²) in [5.74, 6) is 0. The van der Waals surface area contributed by atoms with Gasteiger partial charge in [-0.15, -0.1) is 5.10 Å². The largest absolute Gasteiger partial charge is 0.286 e. The molecule has 4 nitrogen and oxygen atoms in total. The highest BCUT2D eigenvalue weighted by Crippen LogP contribution is 2.27. The van der Waals surface area contributed by atoms with Crippen LogP contribution in [-0.2, 0) is 19.5 Å². The van der Waals surface area contributed by atoms with E-state index in [1.165, 1.54) is 16.7 Å². The predicted octanol–water partition coefficient (Wildman–Crippen LogP) is 4.79. The minimum atomic E-state index is 0.126. The zero-order valence-electron chi connectivity index (χ0n) is 15.8. The molecule has 0 aliphatic rings. The summed E-state index contributed by atoms with van der Waals surface area (Å²) in [5, 5.41) is 11.2. The van der Waals surface area contributed by atoms with Gasteiger partial charge in [0.1, 0.15) is 0 Å². The molecule has 0 radical (unpaired) electrons. The highest BCUT2D eigenvalue weighted by atomic mass is 15.3. The number of nitrogens with zero attached hydrogens (tertiary/aromatic N) is 3. The number of hydrogen-bond acceptors (Lipinski definition) is 3. The third kappa shape index (κ3) is 4.72. The fourth-order valence-electron chi connectivity index (χ4n) is 3.54. The molecule has 0 fully saturated rings. The summed E-state index contributed by atoms with van der Waals surface area (Å²) in [6.45, 7) is 1.69. The summed E-state index contributed by atoms with van der Waals surface area (Å²) >= 11 is 0. The second-order valence-corrected chi connectivity index (χ2v) is 6.98. The average Bonchev–Trinajstić information content (AvgIpc) is 3.28. The van der Waals surface area contributed by atoms with Crippen LogP contribution in [-0.4, -0.2) is 20.3 Å². The van der Waals surface area contributed by atoms with E-state index in [0.717, 1.165) is 25.2 Å². The van der Waals surface area contributed by atoms with Gasteiger partial charge < -0.3 is 0 Å². The SMILES string of the molecule is c1ccc(CC(c2c[nH]nn2)N(Cc2ccccc2)Cc2ccccc2)cc1. The molecule has 1 unspecified atom stereocenters. The molecule has 1 aromatic heterocycles. The molecule has 0 saturated heterocycles. The summed E-state index contributed by atoms with van der Waals surface area (Å²) in [6, 6.07) is 31.9. The first-order valence-electron chi connectivity index (χ1n) is 9.60. The molecule has 4 rings (SSSR count). The van der Waals surface area contributed by atoms with E-state index in [-0.39, 0.29) is 6.04 Å². The monoisotopic (exact) mass is 368 g/mol. The van der Waals surface area contributed by atoms with Crippen molar-refractivity contribution in [2.45, 2.75) is 25.6 Å². The Labute approximate surface area is 165 Å². The molecular formula is C24H24N4. The fourth-order valence-corrected chi connectivity index (χ4v) is 3.54. The van der Waals surface area contributed by atoms with Crippen LogP contribution in [0.2, 0.25) is 0 Å². The lowest BCUT2D eigenvalue weighted by molar-refractivity contribution is 0.173. The standard InChI is InChI=1S/C24H24N4/c1-4-10-20(11-5-1)16-24(23-17-25-27-26-23)28(18-21-12-6-2-7-13-21)19-22-14-8-3-9-15-22/h1-15,17,24H,16,18-19H2,(H,25,26,27). The van der Waals surface area contributed by atoms with Crippen LogP contribution in [0, 0.1) is 0 Å². The van der Waals surface area contributed by atoms with Crippen molar-refractivity contribution in [3.63, 3.8) is 0 Å². The van der Waals surface area contributed by atoms with Gasteiger partial charge in [-0.05, 0) is 23.1 Å². The summed E-state index contributed by atoms with van der Waals surface area (Å²) in [6.07, 6.45) is 2.80. The Kier molecular flexibility index (Phi) is 5.90. The second-order valence-electron chi connectivity index (χ2n) is 6.98. The Morgan fingerprint density at radius 3 is 1.64 bits per heavy atom. The van der Waals surface area contributed by atoms with E-state index in [1.54, 1.807) is 0 Å². The van der Waals surface area contributed by atoms with Crippen molar-refractivity contribution in [1.29, 1.82) is 0 Å². The molecule has 140 valence electrons. The maximum Gasteiger partial charge on any atom is 0.0999 e. The molecule has 0 bridgehead atoms. The second kappa shape index (κ2) is 9.11. The van der Waals surface area contributed by atoms with E-state index in [0.29, 0.717) is 0 Å². The molecule has 0 spiro atoms. The Balaban J connectivity index is 1.67. The molecule has 1 atom stereocenters. The summed E-state index contributed by atoms with van der Waals surface area (Å²) in [4.78, 5) is 2.48. The van der Waals surface area contributed by atoms with Gasteiger partial charge in [0.25, 0.3) is 0 Å². The maximum atomic E-state index is 4.37. The number of H-pyrrole nitrogens is 1. The molecular weight excluding hydrogens is 344 g/mol. The summed E-state index contributed by atoms with van der Waals surface area (Å²) in [7, 11) is 0. The van der Waals surface area contributed by atoms with Crippen molar-refractivity contribution in [3.8, 4) is 0 Å². The van der Waals surface area contributed by atoms with Crippen molar-refractivity contribution in [1.82, 2.24) is 20.3 Å². The molecule has 28 heavy (non-hydrogen) atoms. The van der Waals surface area contributed by atoms with Gasteiger partial charge in [-0.1, -0.05) is 96.2 Å². The van der Waals surface area contributed by atoms with Gasteiger partial charge >= 0.3 is 0 Å². The van der Waals surface area contributed by atoms with Gasteiger partial charge in [-0.25, -0.2) is 0 Å². The Bertz CT molecular complexity index is 896. The van der Waals surface area contributed by atoms with Crippen LogP contribution in [0.15, 0.2) is 97.2 Å². The molecule has 4 aromatic rings. The van der Waals surface area contributed by atoms with Gasteiger partial charge in [0.2, 0.25) is 0 Å². The highest BCUT2D eigenvalue weighted by Gasteiger charge is 2.24. The molecule has 0 saturated carbocycles. The number of rotatable bonds is 8. The lowest BCUT2D eigenvalue weighted by atomic mass is 10.0. The molecule has 1 N–H and O–H groups in total. The average molecular weight is 368 g/mol. The first kappa shape index (κ1) is 18.1. The van der Waals surface area contributed by atoms with Crippen LogP contribution in [0.1, 0.15) is 28.4 Å². The Hall–Kier alpha value is -3.24. The zero-order valence-corrected chi connectivity index (χ0v) is 15.8. The number of hydrogen-bond donors (Lipinski definition) is 1. The van der Waals surface area contributed by atoms with E-state index in [1.807, 2.05) is 6.20 Å². The lowest BCUT2D eigenvalue weighted by Crippen LogP contribution is -2.30. The van der Waals surface area contributed by atoms with Crippen molar-refractivity contribution >= 4 is 0 Å².